The van der Waals surface area contributed by atoms with Crippen molar-refractivity contribution >= 4 is 72.2 Å². The fourth-order valence-electron chi connectivity index (χ4n) is 3.57. The number of methoxy groups -OCH3 is 1. The second-order valence-corrected chi connectivity index (χ2v) is 10.3. The number of rotatable bonds is 8. The van der Waals surface area contributed by atoms with Crippen LogP contribution in [0.4, 0.5) is 0 Å². The van der Waals surface area contributed by atoms with Gasteiger partial charge in [-0.05, 0) is 52.7 Å². The van der Waals surface area contributed by atoms with Crippen LogP contribution in [0.25, 0.3) is 10.9 Å². The second-order valence-electron chi connectivity index (χ2n) is 7.81. The monoisotopic (exact) mass is 651 g/mol. The molecular formula is C26H21Br2Cl2N3O3. The van der Waals surface area contributed by atoms with Crippen LogP contribution >= 0.6 is 55.1 Å². The number of hydrogen-bond acceptors (Lipinski definition) is 5. The van der Waals surface area contributed by atoms with E-state index in [1.165, 1.54) is 11.8 Å². The van der Waals surface area contributed by atoms with E-state index >= 15 is 0 Å². The number of nitrogens with zero attached hydrogens (tertiary/aromatic N) is 3. The molecule has 1 heterocycles. The topological polar surface area (TPSA) is 65.7 Å². The highest BCUT2D eigenvalue weighted by molar-refractivity contribution is 9.10. The van der Waals surface area contributed by atoms with Crippen molar-refractivity contribution in [2.45, 2.75) is 26.4 Å². The predicted octanol–water partition coefficient (Wildman–Crippen LogP) is 7.65. The molecule has 4 aromatic rings. The van der Waals surface area contributed by atoms with Gasteiger partial charge in [-0.3, -0.25) is 4.79 Å². The Hall–Kier alpha value is -2.39. The van der Waals surface area contributed by atoms with Gasteiger partial charge >= 0.3 is 0 Å². The molecule has 0 amide bonds. The van der Waals surface area contributed by atoms with Gasteiger partial charge in [-0.15, -0.1) is 0 Å². The molecule has 0 N–H and O–H groups in total. The maximum absolute atomic E-state index is 13.3. The molecule has 3 aromatic carbocycles. The lowest BCUT2D eigenvalue weighted by atomic mass is 10.2. The molecule has 0 atom stereocenters. The van der Waals surface area contributed by atoms with E-state index in [1.54, 1.807) is 24.4 Å². The zero-order valence-electron chi connectivity index (χ0n) is 19.4. The predicted molar refractivity (Wildman–Crippen MR) is 152 cm³/mol. The molecule has 0 fully saturated rings. The average molecular weight is 654 g/mol. The van der Waals surface area contributed by atoms with Crippen molar-refractivity contribution in [2.24, 2.45) is 5.10 Å². The van der Waals surface area contributed by atoms with E-state index < -0.39 is 0 Å². The lowest BCUT2D eigenvalue weighted by Crippen LogP contribution is -2.22. The first-order chi connectivity index (χ1) is 17.3. The molecule has 0 radical (unpaired) electrons. The molecule has 186 valence electrons. The number of benzene rings is 3. The Morgan fingerprint density at radius 2 is 1.92 bits per heavy atom. The fourth-order valence-corrected chi connectivity index (χ4v) is 4.77. The third-order valence-electron chi connectivity index (χ3n) is 5.37. The molecule has 0 unspecified atom stereocenters. The number of fused-ring (bicyclic) bond motifs is 1. The van der Waals surface area contributed by atoms with E-state index in [4.69, 9.17) is 32.7 Å². The molecule has 36 heavy (non-hydrogen) atoms. The van der Waals surface area contributed by atoms with Gasteiger partial charge < -0.3 is 9.47 Å². The van der Waals surface area contributed by atoms with Crippen molar-refractivity contribution < 1.29 is 9.47 Å². The van der Waals surface area contributed by atoms with Crippen LogP contribution in [0.5, 0.6) is 11.5 Å². The summed E-state index contributed by atoms with van der Waals surface area (Å²) in [4.78, 5) is 17.9. The summed E-state index contributed by atoms with van der Waals surface area (Å²) in [6, 6.07) is 14.6. The van der Waals surface area contributed by atoms with E-state index in [2.05, 4.69) is 41.9 Å². The number of halogens is 4. The van der Waals surface area contributed by atoms with Gasteiger partial charge in [0, 0.05) is 31.5 Å². The van der Waals surface area contributed by atoms with Crippen molar-refractivity contribution in [1.29, 1.82) is 0 Å². The van der Waals surface area contributed by atoms with Gasteiger partial charge in [-0.1, -0.05) is 64.3 Å². The molecule has 0 bridgehead atoms. The summed E-state index contributed by atoms with van der Waals surface area (Å²) in [5.41, 5.74) is 1.79. The van der Waals surface area contributed by atoms with E-state index in [1.807, 2.05) is 37.3 Å². The highest BCUT2D eigenvalue weighted by atomic mass is 79.9. The van der Waals surface area contributed by atoms with E-state index in [-0.39, 0.29) is 12.2 Å². The number of aromatic nitrogens is 2. The SMILES string of the molecule is CCCc1nc2ccc(Br)cc2c(=O)n1N=Cc1cc(OC)c(OCc2ccccc2Cl)c(Cl)c1Br. The van der Waals surface area contributed by atoms with E-state index in [9.17, 15) is 4.79 Å². The van der Waals surface area contributed by atoms with Crippen LogP contribution in [0.2, 0.25) is 10.0 Å². The molecule has 10 heteroatoms. The number of ether oxygens (including phenoxy) is 2. The molecule has 6 nitrogen and oxygen atoms in total. The Labute approximate surface area is 235 Å². The molecule has 0 saturated heterocycles. The van der Waals surface area contributed by atoms with Gasteiger partial charge in [0.25, 0.3) is 5.56 Å². The molecule has 0 aliphatic heterocycles. The first-order valence-electron chi connectivity index (χ1n) is 11.0. The average Bonchev–Trinajstić information content (AvgIpc) is 2.87. The van der Waals surface area contributed by atoms with Crippen LogP contribution in [-0.4, -0.2) is 23.0 Å². The smallest absolute Gasteiger partial charge is 0.282 e. The van der Waals surface area contributed by atoms with Crippen LogP contribution < -0.4 is 15.0 Å². The Bertz CT molecular complexity index is 1520. The standard InChI is InChI=1S/C26H21Br2Cl2N3O3/c1-3-6-22-32-20-10-9-17(27)12-18(20)26(34)33(22)31-13-16-11-21(35-2)25(24(30)23(16)28)36-14-15-7-4-5-8-19(15)29/h4-5,7-13H,3,6,14H2,1-2H3. The fraction of sp³-hybridized carbons (Fsp3) is 0.192. The van der Waals surface area contributed by atoms with E-state index in [0.29, 0.717) is 54.7 Å². The Balaban J connectivity index is 1.73. The lowest BCUT2D eigenvalue weighted by molar-refractivity contribution is 0.284. The Kier molecular flexibility index (Phi) is 8.72. The van der Waals surface area contributed by atoms with Crippen molar-refractivity contribution in [3.63, 3.8) is 0 Å². The largest absolute Gasteiger partial charge is 0.493 e. The zero-order valence-corrected chi connectivity index (χ0v) is 24.1. The van der Waals surface area contributed by atoms with Crippen LogP contribution in [0.15, 0.2) is 67.4 Å². The van der Waals surface area contributed by atoms with Crippen molar-refractivity contribution in [2.75, 3.05) is 7.11 Å². The van der Waals surface area contributed by atoms with Crippen LogP contribution in [0, 0.1) is 0 Å². The van der Waals surface area contributed by atoms with Gasteiger partial charge in [0.05, 0.1) is 24.2 Å². The molecule has 4 rings (SSSR count). The first-order valence-corrected chi connectivity index (χ1v) is 13.4. The molecule has 0 saturated carbocycles. The quantitative estimate of drug-likeness (QED) is 0.183. The minimum absolute atomic E-state index is 0.212. The number of aryl methyl sites for hydroxylation is 1. The maximum Gasteiger partial charge on any atom is 0.282 e. The molecule has 0 spiro atoms. The summed E-state index contributed by atoms with van der Waals surface area (Å²) < 4.78 is 14.2. The van der Waals surface area contributed by atoms with Gasteiger partial charge in [0.15, 0.2) is 11.5 Å². The van der Waals surface area contributed by atoms with Gasteiger partial charge in [-0.25, -0.2) is 4.98 Å². The summed E-state index contributed by atoms with van der Waals surface area (Å²) in [6.45, 7) is 2.23. The third kappa shape index (κ3) is 5.62. The van der Waals surface area contributed by atoms with Crippen LogP contribution in [0.3, 0.4) is 0 Å². The molecule has 1 aromatic heterocycles. The summed E-state index contributed by atoms with van der Waals surface area (Å²) in [5.74, 6) is 1.35. The highest BCUT2D eigenvalue weighted by Gasteiger charge is 2.18. The summed E-state index contributed by atoms with van der Waals surface area (Å²) >= 11 is 19.8. The first kappa shape index (κ1) is 26.7. The second kappa shape index (κ2) is 11.8. The summed E-state index contributed by atoms with van der Waals surface area (Å²) in [6.07, 6.45) is 2.95. The van der Waals surface area contributed by atoms with Gasteiger partial charge in [0.1, 0.15) is 17.5 Å². The third-order valence-corrected chi connectivity index (χ3v) is 7.67. The number of hydrogen-bond donors (Lipinski definition) is 0. The van der Waals surface area contributed by atoms with Crippen LogP contribution in [0.1, 0.15) is 30.3 Å². The maximum atomic E-state index is 13.3. The molecular weight excluding hydrogens is 633 g/mol. The minimum Gasteiger partial charge on any atom is -0.493 e. The minimum atomic E-state index is -0.255. The zero-order chi connectivity index (χ0) is 25.8. The summed E-state index contributed by atoms with van der Waals surface area (Å²) in [5, 5.41) is 5.86. The Morgan fingerprint density at radius 3 is 2.64 bits per heavy atom. The molecule has 0 aliphatic carbocycles. The Morgan fingerprint density at radius 1 is 1.14 bits per heavy atom. The van der Waals surface area contributed by atoms with Crippen molar-refractivity contribution in [1.82, 2.24) is 9.66 Å². The molecule has 0 aliphatic rings. The van der Waals surface area contributed by atoms with Crippen molar-refractivity contribution in [3.8, 4) is 11.5 Å². The lowest BCUT2D eigenvalue weighted by Gasteiger charge is -2.15. The summed E-state index contributed by atoms with van der Waals surface area (Å²) in [7, 11) is 1.53. The van der Waals surface area contributed by atoms with E-state index in [0.717, 1.165) is 16.5 Å². The van der Waals surface area contributed by atoms with Crippen LogP contribution in [-0.2, 0) is 13.0 Å². The van der Waals surface area contributed by atoms with Gasteiger partial charge in [-0.2, -0.15) is 9.78 Å². The van der Waals surface area contributed by atoms with Crippen molar-refractivity contribution in [3.05, 3.63) is 94.8 Å². The highest BCUT2D eigenvalue weighted by Crippen LogP contribution is 2.42. The normalized spacial score (nSPS) is 11.4. The van der Waals surface area contributed by atoms with Gasteiger partial charge in [0.2, 0.25) is 0 Å².